The van der Waals surface area contributed by atoms with Gasteiger partial charge < -0.3 is 24.9 Å². The van der Waals surface area contributed by atoms with E-state index >= 15 is 0 Å². The molecule has 0 bridgehead atoms. The van der Waals surface area contributed by atoms with Crippen LogP contribution in [0, 0.1) is 10.1 Å². The van der Waals surface area contributed by atoms with E-state index in [2.05, 4.69) is 28.5 Å². The monoisotopic (exact) mass is 463 g/mol. The molecule has 0 aromatic heterocycles. The minimum atomic E-state index is -5.63. The molecule has 2 atom stereocenters. The molecule has 0 saturated carbocycles. The number of anilines is 1. The third-order valence-electron chi connectivity index (χ3n) is 2.43. The molecule has 0 fully saturated rings. The number of hydrogen-bond donors (Lipinski definition) is 5. The fourth-order valence-corrected chi connectivity index (χ4v) is 4.60. The average molecular weight is 463 g/mol. The first-order valence-electron chi connectivity index (χ1n) is 6.60. The van der Waals surface area contributed by atoms with Crippen LogP contribution in [-0.2, 0) is 26.8 Å². The van der Waals surface area contributed by atoms with Crippen LogP contribution in [0.3, 0.4) is 0 Å². The van der Waals surface area contributed by atoms with Crippen molar-refractivity contribution in [3.63, 3.8) is 0 Å². The molecule has 20 heteroatoms. The number of hydrogen-bond acceptors (Lipinski definition) is 10. The first-order valence-corrected chi connectivity index (χ1v) is 11.1. The number of nitrogens with one attached hydrogen (secondary N) is 1. The lowest BCUT2D eigenvalue weighted by Crippen LogP contribution is -2.10. The molecular weight excluding hydrogens is 451 g/mol. The van der Waals surface area contributed by atoms with Crippen molar-refractivity contribution in [2.45, 2.75) is 0 Å². The summed E-state index contributed by atoms with van der Waals surface area (Å²) >= 11 is 0. The second-order valence-electron chi connectivity index (χ2n) is 4.50. The molecule has 0 aliphatic heterocycles. The number of nitro groups is 1. The first kappa shape index (κ1) is 24.2. The molecule has 5 N–H and O–H groups in total. The van der Waals surface area contributed by atoms with Crippen LogP contribution in [0.15, 0.2) is 23.3 Å². The molecule has 0 amide bonds. The summed E-state index contributed by atoms with van der Waals surface area (Å²) in [6.07, 6.45) is 0. The van der Waals surface area contributed by atoms with Crippen molar-refractivity contribution in [2.24, 2.45) is 5.11 Å². The zero-order chi connectivity index (χ0) is 21.6. The van der Waals surface area contributed by atoms with Crippen LogP contribution in [0.2, 0.25) is 0 Å². The summed E-state index contributed by atoms with van der Waals surface area (Å²) in [4.78, 5) is 47.7. The maximum absolute atomic E-state index is 11.5. The minimum Gasteiger partial charge on any atom is -0.377 e. The Balaban J connectivity index is 2.68. The average Bonchev–Trinajstić information content (AvgIpc) is 2.49. The van der Waals surface area contributed by atoms with Crippen LogP contribution in [-0.4, -0.2) is 37.6 Å². The number of nitro benzene ring substituents is 1. The molecule has 0 aliphatic carbocycles. The normalized spacial score (nSPS) is 15.7. The number of azide groups is 1. The van der Waals surface area contributed by atoms with E-state index in [1.54, 1.807) is 0 Å². The zero-order valence-corrected chi connectivity index (χ0v) is 16.0. The SMILES string of the molecule is [N-]=[N+]=Nc1ccc(NCCOP(=O)(O)OP(=O)(O)OP(=O)(O)O)c([N+](=O)[O-])c1. The maximum atomic E-state index is 11.5. The number of rotatable bonds is 11. The van der Waals surface area contributed by atoms with E-state index in [1.807, 2.05) is 0 Å². The quantitative estimate of drug-likeness (QED) is 0.0600. The number of nitrogens with zero attached hydrogens (tertiary/aromatic N) is 4. The van der Waals surface area contributed by atoms with Gasteiger partial charge in [0.15, 0.2) is 0 Å². The zero-order valence-electron chi connectivity index (χ0n) is 13.3. The lowest BCUT2D eigenvalue weighted by atomic mass is 10.2. The fourth-order valence-electron chi connectivity index (χ4n) is 1.58. The van der Waals surface area contributed by atoms with Crippen LogP contribution in [0.1, 0.15) is 0 Å². The van der Waals surface area contributed by atoms with E-state index in [1.165, 1.54) is 12.1 Å². The van der Waals surface area contributed by atoms with Crippen LogP contribution >= 0.6 is 23.5 Å². The molecule has 28 heavy (non-hydrogen) atoms. The molecule has 0 aliphatic rings. The molecule has 1 rings (SSSR count). The van der Waals surface area contributed by atoms with Crippen LogP contribution in [0.4, 0.5) is 17.1 Å². The molecule has 1 aromatic rings. The second-order valence-corrected chi connectivity index (χ2v) is 8.92. The van der Waals surface area contributed by atoms with Gasteiger partial charge >= 0.3 is 23.5 Å². The van der Waals surface area contributed by atoms with E-state index < -0.39 is 40.7 Å². The van der Waals surface area contributed by atoms with E-state index in [-0.39, 0.29) is 17.9 Å². The largest absolute Gasteiger partial charge is 0.490 e. The summed E-state index contributed by atoms with van der Waals surface area (Å²) in [5.74, 6) is 0. The molecule has 17 nitrogen and oxygen atoms in total. The van der Waals surface area contributed by atoms with E-state index in [4.69, 9.17) is 20.2 Å². The minimum absolute atomic E-state index is 0.0342. The molecule has 1 aromatic carbocycles. The number of benzene rings is 1. The highest BCUT2D eigenvalue weighted by atomic mass is 31.3. The van der Waals surface area contributed by atoms with Gasteiger partial charge in [0.1, 0.15) is 5.69 Å². The first-order chi connectivity index (χ1) is 12.7. The fraction of sp³-hybridized carbons (Fsp3) is 0.250. The van der Waals surface area contributed by atoms with Crippen molar-refractivity contribution >= 4 is 40.5 Å². The van der Waals surface area contributed by atoms with Crippen LogP contribution in [0.25, 0.3) is 10.4 Å². The third-order valence-corrected chi connectivity index (χ3v) is 6.26. The molecule has 156 valence electrons. The molecule has 0 heterocycles. The Morgan fingerprint density at radius 1 is 1.18 bits per heavy atom. The van der Waals surface area contributed by atoms with Gasteiger partial charge in [-0.2, -0.15) is 8.62 Å². The maximum Gasteiger partial charge on any atom is 0.490 e. The highest BCUT2D eigenvalue weighted by molar-refractivity contribution is 7.66. The van der Waals surface area contributed by atoms with E-state index in [9.17, 15) is 28.7 Å². The summed E-state index contributed by atoms with van der Waals surface area (Å²) < 4.78 is 44.4. The van der Waals surface area contributed by atoms with Crippen molar-refractivity contribution in [3.8, 4) is 0 Å². The highest BCUT2D eigenvalue weighted by Crippen LogP contribution is 2.66. The Bertz CT molecular complexity index is 926. The molecular formula is C8H12N5O12P3. The van der Waals surface area contributed by atoms with Gasteiger partial charge in [-0.25, -0.2) is 13.7 Å². The molecule has 0 saturated heterocycles. The summed E-state index contributed by atoms with van der Waals surface area (Å²) in [6.45, 7) is -1.04. The lowest BCUT2D eigenvalue weighted by Gasteiger charge is -2.16. The van der Waals surface area contributed by atoms with Gasteiger partial charge in [0.05, 0.1) is 11.5 Å². The standard InChI is InChI=1S/C8H12N5O12P3/c9-12-11-6-1-2-7(8(5-6)13(14)15)10-3-4-23-27(19,20)25-28(21,22)24-26(16,17)18/h1-2,5,10H,3-4H2,(H,19,20)(H,21,22)(H2,16,17,18). The Hall–Kier alpha value is -1.86. The highest BCUT2D eigenvalue weighted by Gasteiger charge is 2.40. The van der Waals surface area contributed by atoms with Crippen molar-refractivity contribution in [3.05, 3.63) is 38.8 Å². The molecule has 0 spiro atoms. The van der Waals surface area contributed by atoms with Gasteiger partial charge in [-0.1, -0.05) is 11.2 Å². The predicted octanol–water partition coefficient (Wildman–Crippen LogP) is 2.29. The Morgan fingerprint density at radius 3 is 2.36 bits per heavy atom. The van der Waals surface area contributed by atoms with Gasteiger partial charge in [0.25, 0.3) is 5.69 Å². The van der Waals surface area contributed by atoms with E-state index in [0.29, 0.717) is 0 Å². The summed E-state index contributed by atoms with van der Waals surface area (Å²) in [5, 5.41) is 16.7. The summed E-state index contributed by atoms with van der Waals surface area (Å²) in [5.41, 5.74) is 7.73. The summed E-state index contributed by atoms with van der Waals surface area (Å²) in [6, 6.07) is 3.40. The Labute approximate surface area is 155 Å². The smallest absolute Gasteiger partial charge is 0.377 e. The van der Waals surface area contributed by atoms with Gasteiger partial charge in [-0.3, -0.25) is 14.6 Å². The second kappa shape index (κ2) is 9.56. The van der Waals surface area contributed by atoms with Gasteiger partial charge in [-0.05, 0) is 11.6 Å². The van der Waals surface area contributed by atoms with Gasteiger partial charge in [-0.15, -0.1) is 0 Å². The van der Waals surface area contributed by atoms with Crippen molar-refractivity contribution in [2.75, 3.05) is 18.5 Å². The Kier molecular flexibility index (Phi) is 8.26. The van der Waals surface area contributed by atoms with Crippen molar-refractivity contribution in [1.82, 2.24) is 0 Å². The topological polar surface area (TPSA) is 264 Å². The van der Waals surface area contributed by atoms with Crippen LogP contribution < -0.4 is 5.32 Å². The van der Waals surface area contributed by atoms with E-state index in [0.717, 1.165) is 6.07 Å². The Morgan fingerprint density at radius 2 is 1.82 bits per heavy atom. The molecule has 0 radical (unpaired) electrons. The van der Waals surface area contributed by atoms with Crippen LogP contribution in [0.5, 0.6) is 0 Å². The van der Waals surface area contributed by atoms with Gasteiger partial charge in [0, 0.05) is 23.2 Å². The van der Waals surface area contributed by atoms with Crippen molar-refractivity contribution < 1.29 is 51.3 Å². The van der Waals surface area contributed by atoms with Crippen molar-refractivity contribution in [1.29, 1.82) is 0 Å². The summed E-state index contributed by atoms with van der Waals surface area (Å²) in [7, 11) is -16.4. The number of phosphoric acid groups is 3. The third kappa shape index (κ3) is 8.89. The molecule has 2 unspecified atom stereocenters. The predicted molar refractivity (Wildman–Crippen MR) is 90.2 cm³/mol. The number of phosphoric ester groups is 1. The lowest BCUT2D eigenvalue weighted by molar-refractivity contribution is -0.383. The van der Waals surface area contributed by atoms with Gasteiger partial charge in [0.2, 0.25) is 0 Å².